The highest BCUT2D eigenvalue weighted by molar-refractivity contribution is 7.08. The van der Waals surface area contributed by atoms with Crippen LogP contribution >= 0.6 is 11.3 Å². The molecular formula is C12H18N2OS. The van der Waals surface area contributed by atoms with Crippen molar-refractivity contribution < 1.29 is 4.79 Å². The van der Waals surface area contributed by atoms with E-state index in [1.165, 1.54) is 19.3 Å². The summed E-state index contributed by atoms with van der Waals surface area (Å²) in [6, 6.07) is 2.36. The van der Waals surface area contributed by atoms with Crippen LogP contribution in [-0.2, 0) is 0 Å². The lowest BCUT2D eigenvalue weighted by molar-refractivity contribution is 0.0776. The van der Waals surface area contributed by atoms with Crippen LogP contribution in [0.2, 0.25) is 0 Å². The van der Waals surface area contributed by atoms with Gasteiger partial charge in [0.2, 0.25) is 0 Å². The monoisotopic (exact) mass is 238 g/mol. The molecule has 1 amide bonds. The number of piperidine rings is 1. The van der Waals surface area contributed by atoms with E-state index in [1.54, 1.807) is 11.3 Å². The molecule has 1 N–H and O–H groups in total. The van der Waals surface area contributed by atoms with Crippen LogP contribution < -0.4 is 5.32 Å². The molecule has 0 radical (unpaired) electrons. The first kappa shape index (κ1) is 11.6. The molecule has 2 rings (SSSR count). The van der Waals surface area contributed by atoms with Crippen molar-refractivity contribution in [3.05, 3.63) is 22.4 Å². The first-order valence-corrected chi connectivity index (χ1v) is 6.72. The van der Waals surface area contributed by atoms with Gasteiger partial charge in [-0.1, -0.05) is 6.42 Å². The van der Waals surface area contributed by atoms with E-state index in [4.69, 9.17) is 0 Å². The summed E-state index contributed by atoms with van der Waals surface area (Å²) in [6.07, 6.45) is 3.72. The predicted molar refractivity (Wildman–Crippen MR) is 66.9 cm³/mol. The minimum absolute atomic E-state index is 0.133. The molecule has 2 heterocycles. The molecule has 1 saturated heterocycles. The van der Waals surface area contributed by atoms with Gasteiger partial charge in [0.25, 0.3) is 5.91 Å². The molecule has 1 fully saturated rings. The van der Waals surface area contributed by atoms with E-state index in [1.807, 2.05) is 28.8 Å². The average molecular weight is 238 g/mol. The fourth-order valence-electron chi connectivity index (χ4n) is 2.10. The second kappa shape index (κ2) is 5.46. The smallest absolute Gasteiger partial charge is 0.254 e. The van der Waals surface area contributed by atoms with Crippen molar-refractivity contribution in [1.82, 2.24) is 10.2 Å². The van der Waals surface area contributed by atoms with Crippen molar-refractivity contribution in [2.75, 3.05) is 20.1 Å². The zero-order valence-corrected chi connectivity index (χ0v) is 10.4. The Kier molecular flexibility index (Phi) is 3.96. The van der Waals surface area contributed by atoms with Gasteiger partial charge in [0, 0.05) is 25.0 Å². The number of amides is 1. The largest absolute Gasteiger partial charge is 0.340 e. The maximum absolute atomic E-state index is 12.0. The van der Waals surface area contributed by atoms with Crippen LogP contribution in [0.4, 0.5) is 0 Å². The van der Waals surface area contributed by atoms with Gasteiger partial charge in [0.1, 0.15) is 0 Å². The van der Waals surface area contributed by atoms with Gasteiger partial charge in [-0.2, -0.15) is 11.3 Å². The maximum atomic E-state index is 12.0. The minimum Gasteiger partial charge on any atom is -0.340 e. The zero-order valence-electron chi connectivity index (χ0n) is 9.61. The predicted octanol–water partition coefficient (Wildman–Crippen LogP) is 1.96. The van der Waals surface area contributed by atoms with Crippen LogP contribution in [-0.4, -0.2) is 37.0 Å². The third-order valence-corrected chi connectivity index (χ3v) is 3.70. The minimum atomic E-state index is 0.133. The van der Waals surface area contributed by atoms with Crippen LogP contribution in [0.25, 0.3) is 0 Å². The molecule has 0 aromatic carbocycles. The van der Waals surface area contributed by atoms with Gasteiger partial charge in [-0.15, -0.1) is 0 Å². The van der Waals surface area contributed by atoms with Gasteiger partial charge < -0.3 is 10.2 Å². The Bertz CT molecular complexity index is 331. The molecule has 1 unspecified atom stereocenters. The van der Waals surface area contributed by atoms with Crippen LogP contribution in [0.1, 0.15) is 29.6 Å². The van der Waals surface area contributed by atoms with Crippen molar-refractivity contribution >= 4 is 17.2 Å². The second-order valence-electron chi connectivity index (χ2n) is 4.34. The number of hydrogen-bond donors (Lipinski definition) is 1. The number of likely N-dealkylation sites (N-methyl/N-ethyl adjacent to an activating group) is 1. The summed E-state index contributed by atoms with van der Waals surface area (Å²) >= 11 is 1.57. The summed E-state index contributed by atoms with van der Waals surface area (Å²) in [5.41, 5.74) is 0.809. The molecule has 1 aliphatic rings. The van der Waals surface area contributed by atoms with Crippen molar-refractivity contribution in [1.29, 1.82) is 0 Å². The number of hydrogen-bond acceptors (Lipinski definition) is 3. The topological polar surface area (TPSA) is 32.3 Å². The average Bonchev–Trinajstić information content (AvgIpc) is 2.83. The fourth-order valence-corrected chi connectivity index (χ4v) is 2.73. The molecule has 16 heavy (non-hydrogen) atoms. The van der Waals surface area contributed by atoms with E-state index in [9.17, 15) is 4.79 Å². The van der Waals surface area contributed by atoms with Crippen LogP contribution in [0, 0.1) is 0 Å². The highest BCUT2D eigenvalue weighted by atomic mass is 32.1. The Labute approximate surface area is 100 Å². The summed E-state index contributed by atoms with van der Waals surface area (Å²) in [5, 5.41) is 7.31. The summed E-state index contributed by atoms with van der Waals surface area (Å²) in [7, 11) is 1.89. The van der Waals surface area contributed by atoms with Crippen LogP contribution in [0.5, 0.6) is 0 Å². The highest BCUT2D eigenvalue weighted by Crippen LogP contribution is 2.11. The van der Waals surface area contributed by atoms with E-state index in [2.05, 4.69) is 5.32 Å². The Balaban J connectivity index is 1.87. The molecule has 3 nitrogen and oxygen atoms in total. The van der Waals surface area contributed by atoms with Crippen molar-refractivity contribution in [3.63, 3.8) is 0 Å². The third-order valence-electron chi connectivity index (χ3n) is 3.02. The molecule has 1 aliphatic heterocycles. The first-order valence-electron chi connectivity index (χ1n) is 5.78. The summed E-state index contributed by atoms with van der Waals surface area (Å²) in [4.78, 5) is 13.8. The third kappa shape index (κ3) is 2.83. The molecule has 0 aliphatic carbocycles. The number of thiophene rings is 1. The molecule has 0 bridgehead atoms. The summed E-state index contributed by atoms with van der Waals surface area (Å²) < 4.78 is 0. The van der Waals surface area contributed by atoms with Gasteiger partial charge >= 0.3 is 0 Å². The molecule has 88 valence electrons. The van der Waals surface area contributed by atoms with Crippen LogP contribution in [0.3, 0.4) is 0 Å². The lowest BCUT2D eigenvalue weighted by Gasteiger charge is -2.28. The number of nitrogens with zero attached hydrogens (tertiary/aromatic N) is 1. The molecule has 1 aromatic heterocycles. The molecule has 4 heteroatoms. The molecule has 0 spiro atoms. The molecule has 1 atom stereocenters. The first-order chi connectivity index (χ1) is 7.77. The van der Waals surface area contributed by atoms with Gasteiger partial charge in [-0.3, -0.25) is 4.79 Å². The highest BCUT2D eigenvalue weighted by Gasteiger charge is 2.18. The standard InChI is InChI=1S/C12H18N2OS/c1-14(8-11-4-2-3-6-13-11)12(15)10-5-7-16-9-10/h5,7,9,11,13H,2-4,6,8H2,1H3. The number of nitrogens with one attached hydrogen (secondary N) is 1. The molecule has 1 aromatic rings. The van der Waals surface area contributed by atoms with Crippen molar-refractivity contribution in [2.24, 2.45) is 0 Å². The molecular weight excluding hydrogens is 220 g/mol. The second-order valence-corrected chi connectivity index (χ2v) is 5.12. The van der Waals surface area contributed by atoms with E-state index in [0.29, 0.717) is 6.04 Å². The zero-order chi connectivity index (χ0) is 11.4. The van der Waals surface area contributed by atoms with E-state index in [-0.39, 0.29) is 5.91 Å². The van der Waals surface area contributed by atoms with Gasteiger partial charge in [0.05, 0.1) is 5.56 Å². The van der Waals surface area contributed by atoms with E-state index < -0.39 is 0 Å². The number of carbonyl (C=O) groups is 1. The normalized spacial score (nSPS) is 20.7. The summed E-state index contributed by atoms with van der Waals surface area (Å²) in [5.74, 6) is 0.133. The number of rotatable bonds is 3. The summed E-state index contributed by atoms with van der Waals surface area (Å²) in [6.45, 7) is 1.90. The van der Waals surface area contributed by atoms with Gasteiger partial charge in [0.15, 0.2) is 0 Å². The maximum Gasteiger partial charge on any atom is 0.254 e. The Morgan fingerprint density at radius 1 is 1.62 bits per heavy atom. The van der Waals surface area contributed by atoms with Crippen molar-refractivity contribution in [3.8, 4) is 0 Å². The Morgan fingerprint density at radius 2 is 2.50 bits per heavy atom. The van der Waals surface area contributed by atoms with Gasteiger partial charge in [-0.25, -0.2) is 0 Å². The van der Waals surface area contributed by atoms with Gasteiger partial charge in [-0.05, 0) is 30.8 Å². The quantitative estimate of drug-likeness (QED) is 0.873. The SMILES string of the molecule is CN(CC1CCCCN1)C(=O)c1ccsc1. The lowest BCUT2D eigenvalue weighted by Crippen LogP contribution is -2.44. The van der Waals surface area contributed by atoms with E-state index >= 15 is 0 Å². The van der Waals surface area contributed by atoms with Crippen molar-refractivity contribution in [2.45, 2.75) is 25.3 Å². The van der Waals surface area contributed by atoms with Crippen LogP contribution in [0.15, 0.2) is 16.8 Å². The Morgan fingerprint density at radius 3 is 3.12 bits per heavy atom. The fraction of sp³-hybridized carbons (Fsp3) is 0.583. The number of carbonyl (C=O) groups excluding carboxylic acids is 1. The molecule has 0 saturated carbocycles. The van der Waals surface area contributed by atoms with E-state index in [0.717, 1.165) is 18.7 Å². The lowest BCUT2D eigenvalue weighted by atomic mass is 10.0. The Hall–Kier alpha value is -0.870.